The van der Waals surface area contributed by atoms with Gasteiger partial charge in [0.25, 0.3) is 0 Å². The predicted octanol–water partition coefficient (Wildman–Crippen LogP) is 3.05. The van der Waals surface area contributed by atoms with Crippen LogP contribution in [-0.2, 0) is 0 Å². The van der Waals surface area contributed by atoms with Gasteiger partial charge in [0.2, 0.25) is 0 Å². The Morgan fingerprint density at radius 3 is 2.24 bits per heavy atom. The summed E-state index contributed by atoms with van der Waals surface area (Å²) in [6.07, 6.45) is 1.00. The molecule has 1 N–H and O–H groups in total. The second-order valence-corrected chi connectivity index (χ2v) is 4.13. The molecule has 0 aromatic heterocycles. The van der Waals surface area contributed by atoms with E-state index < -0.39 is 0 Å². The van der Waals surface area contributed by atoms with Crippen LogP contribution in [0.1, 0.15) is 12.0 Å². The van der Waals surface area contributed by atoms with Gasteiger partial charge in [-0.3, -0.25) is 0 Å². The molecule has 0 fully saturated rings. The van der Waals surface area contributed by atoms with E-state index in [1.165, 1.54) is 16.7 Å². The molecular weight excluding hydrogens is 208 g/mol. The molecule has 0 radical (unpaired) electrons. The summed E-state index contributed by atoms with van der Waals surface area (Å²) in [4.78, 5) is 0. The fourth-order valence-electron chi connectivity index (χ4n) is 2.18. The van der Waals surface area contributed by atoms with Gasteiger partial charge in [-0.15, -0.1) is 0 Å². The second-order valence-electron chi connectivity index (χ2n) is 4.13. The number of hydrazone groups is 1. The van der Waals surface area contributed by atoms with Crippen molar-refractivity contribution in [3.05, 3.63) is 60.2 Å². The van der Waals surface area contributed by atoms with Crippen molar-refractivity contribution >= 4 is 5.71 Å². The maximum absolute atomic E-state index is 4.36. The van der Waals surface area contributed by atoms with E-state index in [1.807, 2.05) is 6.07 Å². The first kappa shape index (κ1) is 10.1. The molecule has 2 aromatic carbocycles. The lowest BCUT2D eigenvalue weighted by Crippen LogP contribution is -2.00. The number of hydrogen-bond donors (Lipinski definition) is 1. The van der Waals surface area contributed by atoms with E-state index in [-0.39, 0.29) is 0 Å². The van der Waals surface area contributed by atoms with Crippen LogP contribution in [0.25, 0.3) is 11.1 Å². The summed E-state index contributed by atoms with van der Waals surface area (Å²) >= 11 is 0. The molecule has 0 unspecified atom stereocenters. The molecule has 1 aliphatic heterocycles. The lowest BCUT2D eigenvalue weighted by Gasteiger charge is -2.08. The van der Waals surface area contributed by atoms with E-state index in [0.29, 0.717) is 0 Å². The Bertz CT molecular complexity index is 544. The van der Waals surface area contributed by atoms with E-state index in [4.69, 9.17) is 0 Å². The molecule has 0 aliphatic carbocycles. The summed E-state index contributed by atoms with van der Waals surface area (Å²) in [5.74, 6) is 0. The maximum atomic E-state index is 4.36. The van der Waals surface area contributed by atoms with Crippen LogP contribution >= 0.6 is 0 Å². The van der Waals surface area contributed by atoms with Crippen molar-refractivity contribution in [3.8, 4) is 11.1 Å². The summed E-state index contributed by atoms with van der Waals surface area (Å²) in [5, 5.41) is 4.36. The van der Waals surface area contributed by atoms with Gasteiger partial charge in [0.05, 0.1) is 5.71 Å². The third-order valence-corrected chi connectivity index (χ3v) is 3.01. The van der Waals surface area contributed by atoms with E-state index in [9.17, 15) is 0 Å². The van der Waals surface area contributed by atoms with Gasteiger partial charge in [-0.25, -0.2) is 0 Å². The molecule has 1 aliphatic rings. The van der Waals surface area contributed by atoms with Crippen LogP contribution in [0, 0.1) is 0 Å². The molecule has 0 atom stereocenters. The van der Waals surface area contributed by atoms with Gasteiger partial charge in [-0.05, 0) is 11.1 Å². The van der Waals surface area contributed by atoms with Crippen molar-refractivity contribution < 1.29 is 0 Å². The van der Waals surface area contributed by atoms with Crippen molar-refractivity contribution in [1.29, 1.82) is 0 Å². The average molecular weight is 222 g/mol. The summed E-state index contributed by atoms with van der Waals surface area (Å²) in [6, 6.07) is 18.9. The molecule has 0 amide bonds. The van der Waals surface area contributed by atoms with Gasteiger partial charge in [0, 0.05) is 18.5 Å². The monoisotopic (exact) mass is 222 g/mol. The zero-order valence-corrected chi connectivity index (χ0v) is 9.56. The highest BCUT2D eigenvalue weighted by molar-refractivity contribution is 6.06. The molecule has 17 heavy (non-hydrogen) atoms. The molecule has 3 rings (SSSR count). The Balaban J connectivity index is 2.11. The minimum Gasteiger partial charge on any atom is -0.309 e. The minimum absolute atomic E-state index is 0.943. The number of benzene rings is 2. The van der Waals surface area contributed by atoms with E-state index in [2.05, 4.69) is 59.1 Å². The minimum atomic E-state index is 0.943. The molecule has 0 saturated heterocycles. The molecule has 84 valence electrons. The van der Waals surface area contributed by atoms with Crippen molar-refractivity contribution in [1.82, 2.24) is 5.43 Å². The highest BCUT2D eigenvalue weighted by Crippen LogP contribution is 2.25. The van der Waals surface area contributed by atoms with Crippen molar-refractivity contribution in [2.45, 2.75) is 6.42 Å². The van der Waals surface area contributed by atoms with Gasteiger partial charge in [0.1, 0.15) is 0 Å². The fourth-order valence-corrected chi connectivity index (χ4v) is 2.18. The lowest BCUT2D eigenvalue weighted by molar-refractivity contribution is 0.813. The summed E-state index contributed by atoms with van der Waals surface area (Å²) in [6.45, 7) is 0.943. The van der Waals surface area contributed by atoms with Gasteiger partial charge in [0.15, 0.2) is 0 Å². The van der Waals surface area contributed by atoms with Crippen LogP contribution in [0.15, 0.2) is 59.7 Å². The van der Waals surface area contributed by atoms with E-state index >= 15 is 0 Å². The molecule has 2 aromatic rings. The first-order valence-corrected chi connectivity index (χ1v) is 5.89. The Hall–Kier alpha value is -2.09. The number of rotatable bonds is 2. The fraction of sp³-hybridized carbons (Fsp3) is 0.133. The smallest absolute Gasteiger partial charge is 0.0699 e. The topological polar surface area (TPSA) is 24.4 Å². The third kappa shape index (κ3) is 1.94. The molecule has 0 spiro atoms. The van der Waals surface area contributed by atoms with E-state index in [0.717, 1.165) is 18.7 Å². The lowest BCUT2D eigenvalue weighted by atomic mass is 9.96. The largest absolute Gasteiger partial charge is 0.309 e. The quantitative estimate of drug-likeness (QED) is 0.829. The molecular formula is C15H14N2. The first-order chi connectivity index (χ1) is 8.45. The predicted molar refractivity (Wildman–Crippen MR) is 71.0 cm³/mol. The molecule has 0 saturated carbocycles. The zero-order chi connectivity index (χ0) is 11.5. The maximum Gasteiger partial charge on any atom is 0.0699 e. The van der Waals surface area contributed by atoms with Gasteiger partial charge < -0.3 is 5.43 Å². The Morgan fingerprint density at radius 2 is 1.53 bits per heavy atom. The summed E-state index contributed by atoms with van der Waals surface area (Å²) in [7, 11) is 0. The van der Waals surface area contributed by atoms with Crippen molar-refractivity contribution in [2.24, 2.45) is 5.10 Å². The second kappa shape index (κ2) is 4.42. The molecule has 1 heterocycles. The normalized spacial score (nSPS) is 14.2. The zero-order valence-electron chi connectivity index (χ0n) is 9.56. The van der Waals surface area contributed by atoms with E-state index in [1.54, 1.807) is 0 Å². The molecule has 2 nitrogen and oxygen atoms in total. The molecule has 2 heteroatoms. The van der Waals surface area contributed by atoms with Crippen molar-refractivity contribution in [3.63, 3.8) is 0 Å². The van der Waals surface area contributed by atoms with Crippen molar-refractivity contribution in [2.75, 3.05) is 6.54 Å². The highest BCUT2D eigenvalue weighted by Gasteiger charge is 2.13. The van der Waals surface area contributed by atoms with Gasteiger partial charge in [-0.2, -0.15) is 5.10 Å². The van der Waals surface area contributed by atoms with Gasteiger partial charge >= 0.3 is 0 Å². The van der Waals surface area contributed by atoms with Crippen LogP contribution < -0.4 is 5.43 Å². The first-order valence-electron chi connectivity index (χ1n) is 5.89. The average Bonchev–Trinajstić information content (AvgIpc) is 2.94. The highest BCUT2D eigenvalue weighted by atomic mass is 15.3. The van der Waals surface area contributed by atoms with Crippen LogP contribution in [-0.4, -0.2) is 12.3 Å². The number of hydrogen-bond acceptors (Lipinski definition) is 2. The van der Waals surface area contributed by atoms with Crippen LogP contribution in [0.3, 0.4) is 0 Å². The summed E-state index contributed by atoms with van der Waals surface area (Å²) < 4.78 is 0. The standard InChI is InChI=1S/C15H14N2/c1-2-6-12(7-3-1)13-8-4-5-9-14(13)15-10-11-16-17-15/h1-9,16H,10-11H2. The Labute approximate surface area is 101 Å². The van der Waals surface area contributed by atoms with Gasteiger partial charge in [-0.1, -0.05) is 54.6 Å². The SMILES string of the molecule is c1ccc(-c2ccccc2C2=NNCC2)cc1. The Morgan fingerprint density at radius 1 is 0.824 bits per heavy atom. The number of nitrogens with one attached hydrogen (secondary N) is 1. The number of nitrogens with zero attached hydrogens (tertiary/aromatic N) is 1. The third-order valence-electron chi connectivity index (χ3n) is 3.01. The van der Waals surface area contributed by atoms with Crippen LogP contribution in [0.4, 0.5) is 0 Å². The molecule has 0 bridgehead atoms. The van der Waals surface area contributed by atoms with Crippen LogP contribution in [0.2, 0.25) is 0 Å². The Kier molecular flexibility index (Phi) is 2.62. The van der Waals surface area contributed by atoms with Crippen LogP contribution in [0.5, 0.6) is 0 Å². The summed E-state index contributed by atoms with van der Waals surface area (Å²) in [5.41, 5.74) is 7.94.